The molecule has 0 spiro atoms. The zero-order chi connectivity index (χ0) is 12.9. The van der Waals surface area contributed by atoms with Crippen LogP contribution >= 0.6 is 0 Å². The molecule has 1 atom stereocenters. The fraction of sp³-hybridized carbons (Fsp3) is 0.857. The van der Waals surface area contributed by atoms with Gasteiger partial charge in [0.15, 0.2) is 0 Å². The van der Waals surface area contributed by atoms with Gasteiger partial charge in [0.2, 0.25) is 5.91 Å². The van der Waals surface area contributed by atoms with Gasteiger partial charge >= 0.3 is 0 Å². The molecule has 0 saturated carbocycles. The predicted molar refractivity (Wildman–Crippen MR) is 70.4 cm³/mol. The predicted octanol–water partition coefficient (Wildman–Crippen LogP) is 3.55. The normalized spacial score (nSPS) is 11.8. The van der Waals surface area contributed by atoms with Gasteiger partial charge in [-0.2, -0.15) is 5.26 Å². The van der Waals surface area contributed by atoms with E-state index in [2.05, 4.69) is 18.3 Å². The fourth-order valence-electron chi connectivity index (χ4n) is 1.90. The lowest BCUT2D eigenvalue weighted by Crippen LogP contribution is -2.31. The van der Waals surface area contributed by atoms with Gasteiger partial charge in [-0.1, -0.05) is 58.3 Å². The minimum absolute atomic E-state index is 0.115. The maximum Gasteiger partial charge on any atom is 0.217 e. The molecular weight excluding hydrogens is 212 g/mol. The summed E-state index contributed by atoms with van der Waals surface area (Å²) in [6, 6.07) is 1.82. The number of nitriles is 1. The molecule has 1 amide bonds. The third-order valence-electron chi connectivity index (χ3n) is 2.88. The molecule has 1 unspecified atom stereocenters. The molecule has 1 N–H and O–H groups in total. The second kappa shape index (κ2) is 11.4. The Labute approximate surface area is 106 Å². The summed E-state index contributed by atoms with van der Waals surface area (Å²) in [5, 5.41) is 11.5. The Balaban J connectivity index is 3.32. The number of hydrogen-bond acceptors (Lipinski definition) is 2. The first kappa shape index (κ1) is 16.0. The molecule has 0 heterocycles. The summed E-state index contributed by atoms with van der Waals surface area (Å²) < 4.78 is 0. The van der Waals surface area contributed by atoms with Gasteiger partial charge in [0, 0.05) is 6.92 Å². The van der Waals surface area contributed by atoms with Crippen molar-refractivity contribution in [3.63, 3.8) is 0 Å². The highest BCUT2D eigenvalue weighted by molar-refractivity contribution is 5.73. The highest BCUT2D eigenvalue weighted by Gasteiger charge is 2.07. The fourth-order valence-corrected chi connectivity index (χ4v) is 1.90. The average molecular weight is 238 g/mol. The number of carbonyl (C=O) groups excluding carboxylic acids is 1. The highest BCUT2D eigenvalue weighted by Crippen LogP contribution is 2.10. The van der Waals surface area contributed by atoms with Gasteiger partial charge in [-0.05, 0) is 6.42 Å². The standard InChI is InChI=1S/C14H26N2O/c1-3-4-5-6-7-8-9-10-11-14(12-15)16-13(2)17/h14H,3-11H2,1-2H3,(H,16,17). The summed E-state index contributed by atoms with van der Waals surface area (Å²) in [5.41, 5.74) is 0. The zero-order valence-corrected chi connectivity index (χ0v) is 11.3. The van der Waals surface area contributed by atoms with Crippen molar-refractivity contribution in [3.8, 4) is 6.07 Å². The summed E-state index contributed by atoms with van der Waals surface area (Å²) in [6.45, 7) is 3.68. The first-order valence-corrected chi connectivity index (χ1v) is 6.87. The van der Waals surface area contributed by atoms with E-state index in [0.29, 0.717) is 0 Å². The molecule has 0 aliphatic heterocycles. The van der Waals surface area contributed by atoms with E-state index in [0.717, 1.165) is 12.8 Å². The Kier molecular flexibility index (Phi) is 10.7. The topological polar surface area (TPSA) is 52.9 Å². The van der Waals surface area contributed by atoms with E-state index >= 15 is 0 Å². The molecule has 3 nitrogen and oxygen atoms in total. The van der Waals surface area contributed by atoms with Gasteiger partial charge in [-0.3, -0.25) is 4.79 Å². The van der Waals surface area contributed by atoms with E-state index < -0.39 is 0 Å². The lowest BCUT2D eigenvalue weighted by molar-refractivity contribution is -0.119. The Morgan fingerprint density at radius 3 is 2.12 bits per heavy atom. The van der Waals surface area contributed by atoms with Crippen LogP contribution in [-0.4, -0.2) is 11.9 Å². The van der Waals surface area contributed by atoms with Crippen LogP contribution in [0.25, 0.3) is 0 Å². The quantitative estimate of drug-likeness (QED) is 0.592. The van der Waals surface area contributed by atoms with Crippen LogP contribution in [0.15, 0.2) is 0 Å². The smallest absolute Gasteiger partial charge is 0.217 e. The van der Waals surface area contributed by atoms with Gasteiger partial charge in [0.05, 0.1) is 6.07 Å². The van der Waals surface area contributed by atoms with Crippen LogP contribution < -0.4 is 5.32 Å². The van der Waals surface area contributed by atoms with Gasteiger partial charge in [-0.25, -0.2) is 0 Å². The maximum atomic E-state index is 10.8. The van der Waals surface area contributed by atoms with Crippen molar-refractivity contribution in [3.05, 3.63) is 0 Å². The number of rotatable bonds is 10. The van der Waals surface area contributed by atoms with Crippen molar-refractivity contribution < 1.29 is 4.79 Å². The van der Waals surface area contributed by atoms with Crippen LogP contribution in [-0.2, 0) is 4.79 Å². The Morgan fingerprint density at radius 2 is 1.65 bits per heavy atom. The second-order valence-electron chi connectivity index (χ2n) is 4.65. The second-order valence-corrected chi connectivity index (χ2v) is 4.65. The third kappa shape index (κ3) is 11.2. The van der Waals surface area contributed by atoms with Crippen LogP contribution in [0.1, 0.15) is 71.6 Å². The van der Waals surface area contributed by atoms with Crippen LogP contribution in [0.5, 0.6) is 0 Å². The van der Waals surface area contributed by atoms with E-state index in [-0.39, 0.29) is 11.9 Å². The lowest BCUT2D eigenvalue weighted by atomic mass is 10.1. The van der Waals surface area contributed by atoms with Gasteiger partial charge in [0.1, 0.15) is 6.04 Å². The summed E-state index contributed by atoms with van der Waals surface area (Å²) >= 11 is 0. The van der Waals surface area contributed by atoms with Crippen molar-refractivity contribution in [1.82, 2.24) is 5.32 Å². The molecule has 17 heavy (non-hydrogen) atoms. The molecule has 0 aliphatic carbocycles. The molecule has 0 aliphatic rings. The summed E-state index contributed by atoms with van der Waals surface area (Å²) in [5.74, 6) is -0.115. The first-order chi connectivity index (χ1) is 8.20. The maximum absolute atomic E-state index is 10.8. The summed E-state index contributed by atoms with van der Waals surface area (Å²) in [4.78, 5) is 10.8. The first-order valence-electron chi connectivity index (χ1n) is 6.87. The molecule has 98 valence electrons. The number of nitrogens with one attached hydrogen (secondary N) is 1. The van der Waals surface area contributed by atoms with Crippen LogP contribution in [0.4, 0.5) is 0 Å². The van der Waals surface area contributed by atoms with Crippen LogP contribution in [0.3, 0.4) is 0 Å². The zero-order valence-electron chi connectivity index (χ0n) is 11.3. The van der Waals surface area contributed by atoms with Crippen LogP contribution in [0.2, 0.25) is 0 Å². The SMILES string of the molecule is CCCCCCCCCCC(C#N)NC(C)=O. The Bertz CT molecular complexity index is 233. The van der Waals surface area contributed by atoms with E-state index in [1.165, 1.54) is 51.9 Å². The van der Waals surface area contributed by atoms with E-state index in [1.807, 2.05) is 0 Å². The lowest BCUT2D eigenvalue weighted by Gasteiger charge is -2.09. The molecular formula is C14H26N2O. The van der Waals surface area contributed by atoms with Crippen molar-refractivity contribution in [2.75, 3.05) is 0 Å². The van der Waals surface area contributed by atoms with Crippen molar-refractivity contribution in [2.24, 2.45) is 0 Å². The van der Waals surface area contributed by atoms with Crippen LogP contribution in [0, 0.1) is 11.3 Å². The largest absolute Gasteiger partial charge is 0.341 e. The monoisotopic (exact) mass is 238 g/mol. The molecule has 3 heteroatoms. The molecule has 0 bridgehead atoms. The number of amides is 1. The molecule has 0 radical (unpaired) electrons. The van der Waals surface area contributed by atoms with E-state index in [1.54, 1.807) is 0 Å². The van der Waals surface area contributed by atoms with Gasteiger partial charge in [-0.15, -0.1) is 0 Å². The highest BCUT2D eigenvalue weighted by atomic mass is 16.1. The Hall–Kier alpha value is -1.04. The number of carbonyl (C=O) groups is 1. The number of hydrogen-bond donors (Lipinski definition) is 1. The number of unbranched alkanes of at least 4 members (excludes halogenated alkanes) is 7. The van der Waals surface area contributed by atoms with Gasteiger partial charge < -0.3 is 5.32 Å². The Morgan fingerprint density at radius 1 is 1.12 bits per heavy atom. The van der Waals surface area contributed by atoms with E-state index in [9.17, 15) is 4.79 Å². The van der Waals surface area contributed by atoms with Crippen molar-refractivity contribution >= 4 is 5.91 Å². The number of nitrogens with zero attached hydrogens (tertiary/aromatic N) is 1. The molecule has 0 fully saturated rings. The molecule has 0 aromatic rings. The van der Waals surface area contributed by atoms with E-state index in [4.69, 9.17) is 5.26 Å². The van der Waals surface area contributed by atoms with Crippen molar-refractivity contribution in [1.29, 1.82) is 5.26 Å². The molecule has 0 saturated heterocycles. The molecule has 0 aromatic heterocycles. The minimum atomic E-state index is -0.299. The van der Waals surface area contributed by atoms with Gasteiger partial charge in [0.25, 0.3) is 0 Å². The average Bonchev–Trinajstić information content (AvgIpc) is 2.30. The molecule has 0 aromatic carbocycles. The molecule has 0 rings (SSSR count). The third-order valence-corrected chi connectivity index (χ3v) is 2.88. The van der Waals surface area contributed by atoms with Crippen molar-refractivity contribution in [2.45, 2.75) is 77.7 Å². The summed E-state index contributed by atoms with van der Waals surface area (Å²) in [6.07, 6.45) is 10.9. The minimum Gasteiger partial charge on any atom is -0.341 e. The summed E-state index contributed by atoms with van der Waals surface area (Å²) in [7, 11) is 0.